The average Bonchev–Trinajstić information content (AvgIpc) is 2.81. The highest BCUT2D eigenvalue weighted by molar-refractivity contribution is 7.08. The number of nitrogens with zero attached hydrogens (tertiary/aromatic N) is 1. The summed E-state index contributed by atoms with van der Waals surface area (Å²) < 4.78 is 0. The molecule has 78 valence electrons. The lowest BCUT2D eigenvalue weighted by Gasteiger charge is -2.13. The number of nitrogens with two attached hydrogens (primary N) is 1. The Morgan fingerprint density at radius 1 is 1.47 bits per heavy atom. The molecule has 1 unspecified atom stereocenters. The average molecular weight is 218 g/mol. The van der Waals surface area contributed by atoms with E-state index in [9.17, 15) is 0 Å². The number of hydrogen-bond acceptors (Lipinski definition) is 3. The van der Waals surface area contributed by atoms with Crippen molar-refractivity contribution in [2.45, 2.75) is 19.4 Å². The first kappa shape index (κ1) is 10.3. The summed E-state index contributed by atoms with van der Waals surface area (Å²) in [6.07, 6.45) is 4.68. The van der Waals surface area contributed by atoms with E-state index in [1.54, 1.807) is 17.5 Å². The van der Waals surface area contributed by atoms with Gasteiger partial charge < -0.3 is 5.73 Å². The van der Waals surface area contributed by atoms with Crippen LogP contribution in [0.25, 0.3) is 0 Å². The van der Waals surface area contributed by atoms with Gasteiger partial charge in [-0.1, -0.05) is 6.92 Å². The van der Waals surface area contributed by atoms with Crippen molar-refractivity contribution < 1.29 is 0 Å². The van der Waals surface area contributed by atoms with E-state index in [1.807, 2.05) is 12.3 Å². The second kappa shape index (κ2) is 4.55. The smallest absolute Gasteiger partial charge is 0.0563 e. The predicted molar refractivity (Wildman–Crippen MR) is 64.0 cm³/mol. The van der Waals surface area contributed by atoms with E-state index >= 15 is 0 Å². The summed E-state index contributed by atoms with van der Waals surface area (Å²) in [4.78, 5) is 4.13. The molecule has 2 heterocycles. The van der Waals surface area contributed by atoms with Gasteiger partial charge in [0.1, 0.15) is 0 Å². The molecular formula is C12H14N2S. The zero-order valence-corrected chi connectivity index (χ0v) is 9.50. The van der Waals surface area contributed by atoms with Gasteiger partial charge in [-0.15, -0.1) is 0 Å². The summed E-state index contributed by atoms with van der Waals surface area (Å²) in [5.41, 5.74) is 9.82. The Labute approximate surface area is 93.8 Å². The maximum atomic E-state index is 6.22. The number of pyridine rings is 1. The second-order valence-electron chi connectivity index (χ2n) is 3.46. The van der Waals surface area contributed by atoms with Gasteiger partial charge in [0, 0.05) is 12.4 Å². The first-order chi connectivity index (χ1) is 7.33. The predicted octanol–water partition coefficient (Wildman–Crippen LogP) is 2.75. The first-order valence-corrected chi connectivity index (χ1v) is 5.97. The summed E-state index contributed by atoms with van der Waals surface area (Å²) in [6, 6.07) is 4.07. The molecule has 15 heavy (non-hydrogen) atoms. The fourth-order valence-electron chi connectivity index (χ4n) is 1.67. The minimum absolute atomic E-state index is 0.0193. The standard InChI is InChI=1S/C12H14N2S/c1-2-9-7-14-5-3-11(9)12(13)10-4-6-15-8-10/h3-8,12H,2,13H2,1H3. The minimum Gasteiger partial charge on any atom is -0.320 e. The Kier molecular flexibility index (Phi) is 3.14. The van der Waals surface area contributed by atoms with E-state index in [1.165, 1.54) is 16.7 Å². The van der Waals surface area contributed by atoms with Crippen molar-refractivity contribution >= 4 is 11.3 Å². The minimum atomic E-state index is -0.0193. The van der Waals surface area contributed by atoms with Gasteiger partial charge in [-0.3, -0.25) is 4.98 Å². The van der Waals surface area contributed by atoms with Crippen molar-refractivity contribution in [3.05, 3.63) is 52.0 Å². The fourth-order valence-corrected chi connectivity index (χ4v) is 2.36. The summed E-state index contributed by atoms with van der Waals surface area (Å²) in [7, 11) is 0. The van der Waals surface area contributed by atoms with Crippen LogP contribution < -0.4 is 5.73 Å². The Balaban J connectivity index is 2.37. The van der Waals surface area contributed by atoms with Crippen molar-refractivity contribution in [2.75, 3.05) is 0 Å². The van der Waals surface area contributed by atoms with Crippen LogP contribution in [-0.2, 0) is 6.42 Å². The highest BCUT2D eigenvalue weighted by Gasteiger charge is 2.12. The number of hydrogen-bond donors (Lipinski definition) is 1. The van der Waals surface area contributed by atoms with E-state index in [0.29, 0.717) is 0 Å². The van der Waals surface area contributed by atoms with Crippen LogP contribution in [0.1, 0.15) is 29.7 Å². The molecule has 0 aliphatic heterocycles. The number of aryl methyl sites for hydroxylation is 1. The van der Waals surface area contributed by atoms with Gasteiger partial charge in [-0.05, 0) is 46.0 Å². The van der Waals surface area contributed by atoms with Crippen LogP contribution in [0, 0.1) is 0 Å². The number of aromatic nitrogens is 1. The molecule has 0 saturated heterocycles. The Bertz CT molecular complexity index is 423. The number of thiophene rings is 1. The lowest BCUT2D eigenvalue weighted by Crippen LogP contribution is -2.13. The molecule has 2 aromatic heterocycles. The highest BCUT2D eigenvalue weighted by Crippen LogP contribution is 2.24. The Morgan fingerprint density at radius 2 is 2.33 bits per heavy atom. The molecule has 2 rings (SSSR count). The third-order valence-corrected chi connectivity index (χ3v) is 3.26. The maximum absolute atomic E-state index is 6.22. The molecule has 0 aliphatic carbocycles. The van der Waals surface area contributed by atoms with Crippen molar-refractivity contribution in [1.82, 2.24) is 4.98 Å². The van der Waals surface area contributed by atoms with Crippen molar-refractivity contribution in [3.63, 3.8) is 0 Å². The Morgan fingerprint density at radius 3 is 3.00 bits per heavy atom. The van der Waals surface area contributed by atoms with E-state index < -0.39 is 0 Å². The summed E-state index contributed by atoms with van der Waals surface area (Å²) in [5.74, 6) is 0. The van der Waals surface area contributed by atoms with Gasteiger partial charge in [0.05, 0.1) is 6.04 Å². The van der Waals surface area contributed by atoms with Crippen LogP contribution in [0.5, 0.6) is 0 Å². The van der Waals surface area contributed by atoms with Gasteiger partial charge >= 0.3 is 0 Å². The number of rotatable bonds is 3. The SMILES string of the molecule is CCc1cnccc1C(N)c1ccsc1. The molecule has 1 atom stereocenters. The van der Waals surface area contributed by atoms with Gasteiger partial charge in [0.15, 0.2) is 0 Å². The zero-order valence-electron chi connectivity index (χ0n) is 8.68. The molecule has 0 fully saturated rings. The Hall–Kier alpha value is -1.19. The van der Waals surface area contributed by atoms with Crippen molar-refractivity contribution in [3.8, 4) is 0 Å². The molecule has 0 spiro atoms. The van der Waals surface area contributed by atoms with Gasteiger partial charge in [-0.2, -0.15) is 11.3 Å². The molecule has 0 aliphatic rings. The molecule has 0 saturated carbocycles. The summed E-state index contributed by atoms with van der Waals surface area (Å²) >= 11 is 1.68. The molecule has 0 aromatic carbocycles. The largest absolute Gasteiger partial charge is 0.320 e. The van der Waals surface area contributed by atoms with E-state index in [0.717, 1.165) is 6.42 Å². The quantitative estimate of drug-likeness (QED) is 0.860. The fraction of sp³-hybridized carbons (Fsp3) is 0.250. The van der Waals surface area contributed by atoms with Gasteiger partial charge in [-0.25, -0.2) is 0 Å². The lowest BCUT2D eigenvalue weighted by atomic mass is 9.97. The molecule has 2 nitrogen and oxygen atoms in total. The first-order valence-electron chi connectivity index (χ1n) is 5.03. The van der Waals surface area contributed by atoms with E-state index in [4.69, 9.17) is 5.73 Å². The van der Waals surface area contributed by atoms with Gasteiger partial charge in [0.2, 0.25) is 0 Å². The molecule has 3 heteroatoms. The summed E-state index contributed by atoms with van der Waals surface area (Å²) in [5, 5.41) is 4.16. The van der Waals surface area contributed by atoms with Crippen LogP contribution in [0.15, 0.2) is 35.3 Å². The monoisotopic (exact) mass is 218 g/mol. The van der Waals surface area contributed by atoms with E-state index in [-0.39, 0.29) is 6.04 Å². The van der Waals surface area contributed by atoms with Crippen LogP contribution in [-0.4, -0.2) is 4.98 Å². The second-order valence-corrected chi connectivity index (χ2v) is 4.24. The molecule has 0 radical (unpaired) electrons. The lowest BCUT2D eigenvalue weighted by molar-refractivity contribution is 0.848. The molecule has 0 bridgehead atoms. The van der Waals surface area contributed by atoms with Crippen LogP contribution in [0.4, 0.5) is 0 Å². The molecule has 0 amide bonds. The van der Waals surface area contributed by atoms with Crippen LogP contribution in [0.2, 0.25) is 0 Å². The third kappa shape index (κ3) is 2.08. The van der Waals surface area contributed by atoms with Gasteiger partial charge in [0.25, 0.3) is 0 Å². The van der Waals surface area contributed by atoms with Crippen LogP contribution in [0.3, 0.4) is 0 Å². The zero-order chi connectivity index (χ0) is 10.7. The van der Waals surface area contributed by atoms with E-state index in [2.05, 4.69) is 28.7 Å². The molecular weight excluding hydrogens is 204 g/mol. The normalized spacial score (nSPS) is 12.7. The highest BCUT2D eigenvalue weighted by atomic mass is 32.1. The van der Waals surface area contributed by atoms with Crippen LogP contribution >= 0.6 is 11.3 Å². The molecule has 2 aromatic rings. The van der Waals surface area contributed by atoms with Crippen molar-refractivity contribution in [1.29, 1.82) is 0 Å². The van der Waals surface area contributed by atoms with Crippen molar-refractivity contribution in [2.24, 2.45) is 5.73 Å². The third-order valence-electron chi connectivity index (χ3n) is 2.56. The maximum Gasteiger partial charge on any atom is 0.0563 e. The summed E-state index contributed by atoms with van der Waals surface area (Å²) in [6.45, 7) is 2.13. The topological polar surface area (TPSA) is 38.9 Å². The molecule has 2 N–H and O–H groups in total.